The lowest BCUT2D eigenvalue weighted by molar-refractivity contribution is -0.129. The number of nitrogens with one attached hydrogen (secondary N) is 2. The van der Waals surface area contributed by atoms with Gasteiger partial charge >= 0.3 is 0 Å². The van der Waals surface area contributed by atoms with Gasteiger partial charge in [-0.15, -0.1) is 0 Å². The second-order valence-corrected chi connectivity index (χ2v) is 8.16. The second kappa shape index (κ2) is 9.33. The van der Waals surface area contributed by atoms with Gasteiger partial charge in [0.05, 0.1) is 6.20 Å². The van der Waals surface area contributed by atoms with Crippen molar-refractivity contribution in [3.8, 4) is 0 Å². The van der Waals surface area contributed by atoms with Gasteiger partial charge in [0.2, 0.25) is 17.8 Å². The Hall–Kier alpha value is -3.49. The van der Waals surface area contributed by atoms with Crippen molar-refractivity contribution < 1.29 is 14.0 Å². The Morgan fingerprint density at radius 1 is 1.25 bits per heavy atom. The molecule has 1 atom stereocenters. The third-order valence-corrected chi connectivity index (χ3v) is 5.91. The molecule has 4 rings (SSSR count). The second-order valence-electron chi connectivity index (χ2n) is 8.16. The van der Waals surface area contributed by atoms with Gasteiger partial charge in [0.1, 0.15) is 0 Å². The summed E-state index contributed by atoms with van der Waals surface area (Å²) in [5.74, 6) is -0.203. The molecule has 2 amide bonds. The van der Waals surface area contributed by atoms with E-state index in [0.717, 1.165) is 36.7 Å². The van der Waals surface area contributed by atoms with Gasteiger partial charge in [0.15, 0.2) is 11.6 Å². The number of rotatable bonds is 5. The molecular weight excluding hydrogens is 411 g/mol. The van der Waals surface area contributed by atoms with E-state index < -0.39 is 5.82 Å². The van der Waals surface area contributed by atoms with E-state index in [1.807, 2.05) is 23.1 Å². The molecule has 3 heterocycles. The van der Waals surface area contributed by atoms with Crippen LogP contribution in [0.3, 0.4) is 0 Å². The number of piperidine rings is 1. The van der Waals surface area contributed by atoms with Crippen molar-refractivity contribution in [1.29, 1.82) is 0 Å². The average Bonchev–Trinajstić information content (AvgIpc) is 2.80. The first-order chi connectivity index (χ1) is 15.4. The number of hydrogen-bond acceptors (Lipinski definition) is 6. The first-order valence-corrected chi connectivity index (χ1v) is 10.8. The monoisotopic (exact) mass is 438 g/mol. The molecule has 1 saturated heterocycles. The number of halogens is 1. The maximum atomic E-state index is 14.4. The number of fused-ring (bicyclic) bond motifs is 1. The van der Waals surface area contributed by atoms with E-state index in [9.17, 15) is 14.0 Å². The molecule has 0 spiro atoms. The molecular formula is C23H27FN6O2. The van der Waals surface area contributed by atoms with E-state index in [4.69, 9.17) is 0 Å². The lowest BCUT2D eigenvalue weighted by atomic mass is 9.99. The van der Waals surface area contributed by atoms with Crippen molar-refractivity contribution in [2.45, 2.75) is 38.8 Å². The third kappa shape index (κ3) is 4.87. The number of benzene rings is 1. The SMILES string of the molecule is C=CC(=O)N1CCC[C@@H](Nc2nc(Nc3ccc4c(c3)CCN(C(C)=O)C4)ncc2F)C1. The van der Waals surface area contributed by atoms with Gasteiger partial charge in [0.25, 0.3) is 0 Å². The van der Waals surface area contributed by atoms with Crippen LogP contribution in [0.25, 0.3) is 0 Å². The number of aromatic nitrogens is 2. The van der Waals surface area contributed by atoms with Gasteiger partial charge in [-0.25, -0.2) is 9.37 Å². The van der Waals surface area contributed by atoms with Crippen LogP contribution in [0.2, 0.25) is 0 Å². The van der Waals surface area contributed by atoms with E-state index in [-0.39, 0.29) is 29.6 Å². The smallest absolute Gasteiger partial charge is 0.246 e. The maximum absolute atomic E-state index is 14.4. The highest BCUT2D eigenvalue weighted by Crippen LogP contribution is 2.25. The molecule has 8 nitrogen and oxygen atoms in total. The Morgan fingerprint density at radius 2 is 2.09 bits per heavy atom. The minimum atomic E-state index is -0.544. The predicted octanol–water partition coefficient (Wildman–Crippen LogP) is 2.85. The van der Waals surface area contributed by atoms with Crippen molar-refractivity contribution in [2.75, 3.05) is 30.3 Å². The number of hydrogen-bond donors (Lipinski definition) is 2. The van der Waals surface area contributed by atoms with Crippen molar-refractivity contribution in [3.05, 3.63) is 54.0 Å². The fourth-order valence-corrected chi connectivity index (χ4v) is 4.17. The first-order valence-electron chi connectivity index (χ1n) is 10.8. The average molecular weight is 439 g/mol. The Bertz CT molecular complexity index is 1040. The molecule has 1 aromatic heterocycles. The highest BCUT2D eigenvalue weighted by molar-refractivity contribution is 5.87. The molecule has 32 heavy (non-hydrogen) atoms. The topological polar surface area (TPSA) is 90.5 Å². The highest BCUT2D eigenvalue weighted by Gasteiger charge is 2.24. The molecule has 9 heteroatoms. The number of anilines is 3. The van der Waals surface area contributed by atoms with E-state index in [1.165, 1.54) is 11.6 Å². The van der Waals surface area contributed by atoms with Gasteiger partial charge < -0.3 is 20.4 Å². The van der Waals surface area contributed by atoms with E-state index in [1.54, 1.807) is 11.8 Å². The van der Waals surface area contributed by atoms with E-state index in [2.05, 4.69) is 27.2 Å². The summed E-state index contributed by atoms with van der Waals surface area (Å²) in [7, 11) is 0. The van der Waals surface area contributed by atoms with Crippen molar-refractivity contribution >= 4 is 29.3 Å². The zero-order valence-electron chi connectivity index (χ0n) is 18.1. The molecule has 0 bridgehead atoms. The van der Waals surface area contributed by atoms with E-state index in [0.29, 0.717) is 26.2 Å². The lowest BCUT2D eigenvalue weighted by Crippen LogP contribution is -2.44. The molecule has 0 aliphatic carbocycles. The number of carbonyl (C=O) groups is 2. The van der Waals surface area contributed by atoms with Crippen LogP contribution < -0.4 is 10.6 Å². The molecule has 1 aromatic carbocycles. The van der Waals surface area contributed by atoms with Crippen molar-refractivity contribution in [1.82, 2.24) is 19.8 Å². The summed E-state index contributed by atoms with van der Waals surface area (Å²) in [6.07, 6.45) is 4.85. The summed E-state index contributed by atoms with van der Waals surface area (Å²) in [5.41, 5.74) is 3.09. The van der Waals surface area contributed by atoms with E-state index >= 15 is 0 Å². The summed E-state index contributed by atoms with van der Waals surface area (Å²) < 4.78 is 14.4. The molecule has 2 aromatic rings. The van der Waals surface area contributed by atoms with Crippen LogP contribution in [0, 0.1) is 5.82 Å². The number of carbonyl (C=O) groups excluding carboxylic acids is 2. The van der Waals surface area contributed by atoms with Crippen LogP contribution >= 0.6 is 0 Å². The Kier molecular flexibility index (Phi) is 6.34. The molecule has 168 valence electrons. The summed E-state index contributed by atoms with van der Waals surface area (Å²) >= 11 is 0. The molecule has 2 aliphatic rings. The Labute approximate surface area is 186 Å². The minimum Gasteiger partial charge on any atom is -0.363 e. The molecule has 1 fully saturated rings. The number of likely N-dealkylation sites (tertiary alicyclic amines) is 1. The summed E-state index contributed by atoms with van der Waals surface area (Å²) in [5, 5.41) is 6.26. The highest BCUT2D eigenvalue weighted by atomic mass is 19.1. The van der Waals surface area contributed by atoms with Crippen LogP contribution in [-0.4, -0.2) is 57.3 Å². The van der Waals surface area contributed by atoms with Gasteiger partial charge in [-0.05, 0) is 48.6 Å². The maximum Gasteiger partial charge on any atom is 0.246 e. The molecule has 0 unspecified atom stereocenters. The number of amides is 2. The normalized spacial score (nSPS) is 18.0. The molecule has 0 saturated carbocycles. The summed E-state index contributed by atoms with van der Waals surface area (Å²) in [6.45, 7) is 7.56. The summed E-state index contributed by atoms with van der Waals surface area (Å²) in [4.78, 5) is 35.4. The largest absolute Gasteiger partial charge is 0.363 e. The zero-order chi connectivity index (χ0) is 22.7. The first kappa shape index (κ1) is 21.7. The fourth-order valence-electron chi connectivity index (χ4n) is 4.17. The van der Waals surface area contributed by atoms with Crippen molar-refractivity contribution in [3.63, 3.8) is 0 Å². The lowest BCUT2D eigenvalue weighted by Gasteiger charge is -2.32. The van der Waals surface area contributed by atoms with Crippen LogP contribution in [0.1, 0.15) is 30.9 Å². The standard InChI is InChI=1S/C23H27FN6O2/c1-3-21(32)30-9-4-5-19(14-30)26-22-20(24)12-25-23(28-22)27-18-7-6-17-13-29(15(2)31)10-8-16(17)11-18/h3,6-7,11-12,19H,1,4-5,8-10,13-14H2,2H3,(H2,25,26,27,28)/t19-/m1/s1. The Morgan fingerprint density at radius 3 is 2.88 bits per heavy atom. The van der Waals surface area contributed by atoms with Crippen LogP contribution in [-0.2, 0) is 22.6 Å². The van der Waals surface area contributed by atoms with Crippen LogP contribution in [0.5, 0.6) is 0 Å². The third-order valence-electron chi connectivity index (χ3n) is 5.91. The zero-order valence-corrected chi connectivity index (χ0v) is 18.1. The predicted molar refractivity (Wildman–Crippen MR) is 120 cm³/mol. The van der Waals surface area contributed by atoms with Gasteiger partial charge in [-0.1, -0.05) is 12.6 Å². The molecule has 0 radical (unpaired) electrons. The van der Waals surface area contributed by atoms with Gasteiger partial charge in [0, 0.05) is 44.8 Å². The van der Waals surface area contributed by atoms with Gasteiger partial charge in [-0.3, -0.25) is 9.59 Å². The quantitative estimate of drug-likeness (QED) is 0.698. The minimum absolute atomic E-state index is 0.0764. The van der Waals surface area contributed by atoms with Crippen LogP contribution in [0.4, 0.5) is 21.8 Å². The van der Waals surface area contributed by atoms with Crippen LogP contribution in [0.15, 0.2) is 37.1 Å². The molecule has 2 N–H and O–H groups in total. The molecule has 2 aliphatic heterocycles. The van der Waals surface area contributed by atoms with Gasteiger partial charge in [-0.2, -0.15) is 4.98 Å². The summed E-state index contributed by atoms with van der Waals surface area (Å²) in [6, 6.07) is 5.81. The van der Waals surface area contributed by atoms with Crippen molar-refractivity contribution in [2.24, 2.45) is 0 Å². The Balaban J connectivity index is 1.45. The fraction of sp³-hybridized carbons (Fsp3) is 0.391. The number of nitrogens with zero attached hydrogens (tertiary/aromatic N) is 4.